The van der Waals surface area contributed by atoms with Crippen molar-refractivity contribution in [3.63, 3.8) is 0 Å². The molecule has 2 aromatic carbocycles. The molecule has 0 spiro atoms. The second-order valence-electron chi connectivity index (χ2n) is 7.52. The third-order valence-electron chi connectivity index (χ3n) is 5.63. The van der Waals surface area contributed by atoms with Crippen molar-refractivity contribution in [1.82, 2.24) is 14.8 Å². The van der Waals surface area contributed by atoms with E-state index in [-0.39, 0.29) is 5.82 Å². The van der Waals surface area contributed by atoms with Crippen molar-refractivity contribution in [3.05, 3.63) is 60.5 Å². The number of halogens is 1. The van der Waals surface area contributed by atoms with Gasteiger partial charge in [-0.15, -0.1) is 0 Å². The SMILES string of the molecule is Fc1ccccc1-n1nc2c(cnc3ccccc32)c1OCC1CCCCC1. The summed E-state index contributed by atoms with van der Waals surface area (Å²) in [6.07, 6.45) is 7.99. The second-order valence-corrected chi connectivity index (χ2v) is 7.52. The summed E-state index contributed by atoms with van der Waals surface area (Å²) in [5, 5.41) is 6.51. The molecule has 1 aliphatic carbocycles. The standard InChI is InChI=1S/C23H22FN3O/c24-19-11-5-7-13-21(19)27-23(28-15-16-8-2-1-3-9-16)18-14-25-20-12-6-4-10-17(20)22(18)26-27/h4-7,10-14,16H,1-3,8-9,15H2. The molecule has 0 N–H and O–H groups in total. The number of benzene rings is 2. The molecule has 142 valence electrons. The first-order valence-electron chi connectivity index (χ1n) is 9.95. The van der Waals surface area contributed by atoms with Crippen molar-refractivity contribution in [3.8, 4) is 11.6 Å². The number of para-hydroxylation sites is 2. The maximum absolute atomic E-state index is 14.6. The van der Waals surface area contributed by atoms with Crippen molar-refractivity contribution in [2.45, 2.75) is 32.1 Å². The van der Waals surface area contributed by atoms with Gasteiger partial charge >= 0.3 is 0 Å². The van der Waals surface area contributed by atoms with Crippen LogP contribution in [-0.4, -0.2) is 21.4 Å². The maximum Gasteiger partial charge on any atom is 0.226 e. The number of rotatable bonds is 4. The molecule has 0 unspecified atom stereocenters. The number of aromatic nitrogens is 3. The number of nitrogens with zero attached hydrogens (tertiary/aromatic N) is 3. The molecule has 1 aliphatic rings. The lowest BCUT2D eigenvalue weighted by atomic mass is 9.90. The molecule has 5 heteroatoms. The molecule has 0 saturated heterocycles. The van der Waals surface area contributed by atoms with E-state index in [4.69, 9.17) is 9.84 Å². The fraction of sp³-hybridized carbons (Fsp3) is 0.304. The summed E-state index contributed by atoms with van der Waals surface area (Å²) < 4.78 is 22.4. The number of pyridine rings is 1. The van der Waals surface area contributed by atoms with Gasteiger partial charge in [0.2, 0.25) is 5.88 Å². The van der Waals surface area contributed by atoms with Crippen molar-refractivity contribution in [2.75, 3.05) is 6.61 Å². The lowest BCUT2D eigenvalue weighted by Crippen LogP contribution is -2.16. The van der Waals surface area contributed by atoms with Crippen LogP contribution in [0.15, 0.2) is 54.7 Å². The van der Waals surface area contributed by atoms with E-state index in [1.54, 1.807) is 23.0 Å². The predicted molar refractivity (Wildman–Crippen MR) is 108 cm³/mol. The first-order valence-corrected chi connectivity index (χ1v) is 9.95. The van der Waals surface area contributed by atoms with E-state index in [2.05, 4.69) is 4.98 Å². The highest BCUT2D eigenvalue weighted by Gasteiger charge is 2.21. The van der Waals surface area contributed by atoms with Gasteiger partial charge < -0.3 is 4.74 Å². The van der Waals surface area contributed by atoms with E-state index in [1.807, 2.05) is 30.3 Å². The van der Waals surface area contributed by atoms with E-state index in [9.17, 15) is 4.39 Å². The molecule has 28 heavy (non-hydrogen) atoms. The zero-order valence-electron chi connectivity index (χ0n) is 15.6. The molecular weight excluding hydrogens is 353 g/mol. The van der Waals surface area contributed by atoms with Gasteiger partial charge in [-0.05, 0) is 37.0 Å². The van der Waals surface area contributed by atoms with Gasteiger partial charge in [-0.2, -0.15) is 9.78 Å². The summed E-state index contributed by atoms with van der Waals surface area (Å²) >= 11 is 0. The molecule has 1 fully saturated rings. The summed E-state index contributed by atoms with van der Waals surface area (Å²) in [6.45, 7) is 0.627. The summed E-state index contributed by atoms with van der Waals surface area (Å²) in [4.78, 5) is 4.57. The van der Waals surface area contributed by atoms with Gasteiger partial charge in [0.1, 0.15) is 17.0 Å². The fourth-order valence-electron chi connectivity index (χ4n) is 4.13. The number of fused-ring (bicyclic) bond motifs is 3. The predicted octanol–water partition coefficient (Wildman–Crippen LogP) is 5.67. The lowest BCUT2D eigenvalue weighted by Gasteiger charge is -2.22. The number of hydrogen-bond acceptors (Lipinski definition) is 3. The maximum atomic E-state index is 14.6. The van der Waals surface area contributed by atoms with Gasteiger partial charge in [0.15, 0.2) is 0 Å². The van der Waals surface area contributed by atoms with Crippen LogP contribution in [0.2, 0.25) is 0 Å². The van der Waals surface area contributed by atoms with Gasteiger partial charge in [-0.1, -0.05) is 49.6 Å². The Bertz CT molecular complexity index is 1130. The van der Waals surface area contributed by atoms with Gasteiger partial charge in [-0.3, -0.25) is 4.98 Å². The van der Waals surface area contributed by atoms with Gasteiger partial charge in [-0.25, -0.2) is 4.39 Å². The Balaban J connectivity index is 1.65. The Kier molecular flexibility index (Phi) is 4.43. The summed E-state index contributed by atoms with van der Waals surface area (Å²) in [7, 11) is 0. The van der Waals surface area contributed by atoms with E-state index >= 15 is 0 Å². The Labute approximate surface area is 163 Å². The Hall–Kier alpha value is -2.95. The summed E-state index contributed by atoms with van der Waals surface area (Å²) in [5.74, 6) is 0.792. The molecule has 1 saturated carbocycles. The van der Waals surface area contributed by atoms with E-state index in [0.717, 1.165) is 21.8 Å². The molecule has 4 nitrogen and oxygen atoms in total. The smallest absolute Gasteiger partial charge is 0.226 e. The van der Waals surface area contributed by atoms with Crippen molar-refractivity contribution < 1.29 is 9.13 Å². The van der Waals surface area contributed by atoms with E-state index in [0.29, 0.717) is 24.1 Å². The van der Waals surface area contributed by atoms with Crippen LogP contribution in [0, 0.1) is 11.7 Å². The lowest BCUT2D eigenvalue weighted by molar-refractivity contribution is 0.200. The van der Waals surface area contributed by atoms with Gasteiger partial charge in [0.25, 0.3) is 0 Å². The highest BCUT2D eigenvalue weighted by Crippen LogP contribution is 2.34. The molecule has 0 bridgehead atoms. The summed E-state index contributed by atoms with van der Waals surface area (Å²) in [6, 6.07) is 14.5. The number of ether oxygens (including phenoxy) is 1. The van der Waals surface area contributed by atoms with Crippen LogP contribution in [0.3, 0.4) is 0 Å². The average molecular weight is 375 g/mol. The van der Waals surface area contributed by atoms with Crippen LogP contribution in [0.1, 0.15) is 32.1 Å². The Morgan fingerprint density at radius 2 is 1.75 bits per heavy atom. The molecule has 0 amide bonds. The second kappa shape index (κ2) is 7.23. The van der Waals surface area contributed by atoms with Crippen LogP contribution in [0.5, 0.6) is 5.88 Å². The van der Waals surface area contributed by atoms with Crippen LogP contribution in [0.25, 0.3) is 27.5 Å². The zero-order valence-corrected chi connectivity index (χ0v) is 15.6. The molecule has 0 atom stereocenters. The molecule has 5 rings (SSSR count). The van der Waals surface area contributed by atoms with Crippen LogP contribution < -0.4 is 4.74 Å². The third-order valence-corrected chi connectivity index (χ3v) is 5.63. The molecule has 0 aliphatic heterocycles. The largest absolute Gasteiger partial charge is 0.477 e. The van der Waals surface area contributed by atoms with Gasteiger partial charge in [0, 0.05) is 11.6 Å². The first kappa shape index (κ1) is 17.2. The summed E-state index contributed by atoms with van der Waals surface area (Å²) in [5.41, 5.74) is 2.04. The highest BCUT2D eigenvalue weighted by atomic mass is 19.1. The van der Waals surface area contributed by atoms with Gasteiger partial charge in [0.05, 0.1) is 17.5 Å². The van der Waals surface area contributed by atoms with Crippen molar-refractivity contribution in [2.24, 2.45) is 5.92 Å². The fourth-order valence-corrected chi connectivity index (χ4v) is 4.13. The normalized spacial score (nSPS) is 15.3. The van der Waals surface area contributed by atoms with E-state index in [1.165, 1.54) is 38.2 Å². The Morgan fingerprint density at radius 1 is 0.964 bits per heavy atom. The molecule has 2 aromatic heterocycles. The van der Waals surface area contributed by atoms with Crippen LogP contribution >= 0.6 is 0 Å². The minimum atomic E-state index is -0.324. The third kappa shape index (κ3) is 3.01. The molecule has 2 heterocycles. The molecular formula is C23H22FN3O. The number of hydrogen-bond donors (Lipinski definition) is 0. The van der Waals surface area contributed by atoms with Crippen molar-refractivity contribution in [1.29, 1.82) is 0 Å². The average Bonchev–Trinajstić information content (AvgIpc) is 3.12. The van der Waals surface area contributed by atoms with Crippen molar-refractivity contribution >= 4 is 21.8 Å². The monoisotopic (exact) mass is 375 g/mol. The van der Waals surface area contributed by atoms with Crippen LogP contribution in [-0.2, 0) is 0 Å². The minimum absolute atomic E-state index is 0.324. The minimum Gasteiger partial charge on any atom is -0.477 e. The Morgan fingerprint density at radius 3 is 2.61 bits per heavy atom. The van der Waals surface area contributed by atoms with E-state index < -0.39 is 0 Å². The first-order chi connectivity index (χ1) is 13.8. The molecule has 0 radical (unpaired) electrons. The quantitative estimate of drug-likeness (QED) is 0.461. The van der Waals surface area contributed by atoms with Crippen LogP contribution in [0.4, 0.5) is 4.39 Å². The highest BCUT2D eigenvalue weighted by molar-refractivity contribution is 6.05. The topological polar surface area (TPSA) is 39.9 Å². The zero-order chi connectivity index (χ0) is 18.9. The molecule has 4 aromatic rings.